The van der Waals surface area contributed by atoms with Crippen LogP contribution in [0.2, 0.25) is 0 Å². The van der Waals surface area contributed by atoms with Gasteiger partial charge in [-0.15, -0.1) is 24.0 Å². The van der Waals surface area contributed by atoms with Crippen LogP contribution in [-0.4, -0.2) is 32.1 Å². The Labute approximate surface area is 205 Å². The third-order valence-electron chi connectivity index (χ3n) is 4.59. The molecule has 3 aromatic rings. The third kappa shape index (κ3) is 7.92. The summed E-state index contributed by atoms with van der Waals surface area (Å²) in [6.07, 6.45) is 2.36. The van der Waals surface area contributed by atoms with Crippen molar-refractivity contribution in [2.45, 2.75) is 19.9 Å². The largest absolute Gasteiger partial charge is 0.497 e. The van der Waals surface area contributed by atoms with Gasteiger partial charge in [0.25, 0.3) is 5.91 Å². The van der Waals surface area contributed by atoms with Gasteiger partial charge in [0.15, 0.2) is 11.7 Å². The lowest BCUT2D eigenvalue weighted by atomic mass is 10.1. The quantitative estimate of drug-likeness (QED) is 0.209. The lowest BCUT2D eigenvalue weighted by molar-refractivity contribution is 0.0996. The van der Waals surface area contributed by atoms with Crippen molar-refractivity contribution in [2.75, 3.05) is 25.5 Å². The van der Waals surface area contributed by atoms with E-state index >= 15 is 0 Å². The number of carbonyl (C=O) groups is 1. The van der Waals surface area contributed by atoms with Crippen molar-refractivity contribution in [3.63, 3.8) is 0 Å². The number of amides is 1. The van der Waals surface area contributed by atoms with Crippen LogP contribution in [-0.2, 0) is 13.0 Å². The van der Waals surface area contributed by atoms with Crippen molar-refractivity contribution in [1.82, 2.24) is 10.6 Å². The van der Waals surface area contributed by atoms with E-state index < -0.39 is 0 Å². The zero-order chi connectivity index (χ0) is 21.9. The van der Waals surface area contributed by atoms with Gasteiger partial charge in [-0.3, -0.25) is 4.79 Å². The van der Waals surface area contributed by atoms with Crippen molar-refractivity contribution >= 4 is 41.5 Å². The number of aliphatic imine (C=N–C) groups is 1. The number of methoxy groups -OCH3 is 1. The highest BCUT2D eigenvalue weighted by molar-refractivity contribution is 14.0. The van der Waals surface area contributed by atoms with Gasteiger partial charge in [-0.25, -0.2) is 4.99 Å². The molecule has 0 spiro atoms. The second-order valence-corrected chi connectivity index (χ2v) is 6.85. The lowest BCUT2D eigenvalue weighted by Crippen LogP contribution is -2.38. The Morgan fingerprint density at radius 3 is 2.34 bits per heavy atom. The predicted molar refractivity (Wildman–Crippen MR) is 138 cm³/mol. The second kappa shape index (κ2) is 13.4. The van der Waals surface area contributed by atoms with Crippen LogP contribution in [0.4, 0.5) is 5.69 Å². The summed E-state index contributed by atoms with van der Waals surface area (Å²) in [6.45, 7) is 4.13. The van der Waals surface area contributed by atoms with Crippen molar-refractivity contribution in [1.29, 1.82) is 0 Å². The number of ether oxygens (including phenoxy) is 1. The summed E-state index contributed by atoms with van der Waals surface area (Å²) < 4.78 is 10.3. The standard InChI is InChI=1S/C24H28N4O3.HI/c1-3-25-24(26-15-14-18-8-12-21(30-2)13-9-18)27-17-19-6-10-20(11-7-19)28-23(29)22-5-4-16-31-22;/h4-13,16H,3,14-15,17H2,1-2H3,(H,28,29)(H2,25,26,27);1H. The molecule has 0 unspecified atom stereocenters. The minimum atomic E-state index is -0.272. The molecule has 0 aliphatic heterocycles. The van der Waals surface area contributed by atoms with Gasteiger partial charge in [0, 0.05) is 18.8 Å². The zero-order valence-corrected chi connectivity index (χ0v) is 20.6. The van der Waals surface area contributed by atoms with Crippen LogP contribution in [0.15, 0.2) is 76.3 Å². The molecule has 0 saturated heterocycles. The number of furan rings is 1. The molecule has 0 aliphatic carbocycles. The highest BCUT2D eigenvalue weighted by atomic mass is 127. The Bertz CT molecular complexity index is 971. The Morgan fingerprint density at radius 2 is 1.72 bits per heavy atom. The van der Waals surface area contributed by atoms with Crippen molar-refractivity contribution in [3.8, 4) is 5.75 Å². The summed E-state index contributed by atoms with van der Waals surface area (Å²) in [6, 6.07) is 19.0. The summed E-state index contributed by atoms with van der Waals surface area (Å²) in [5, 5.41) is 9.43. The molecular weight excluding hydrogens is 519 g/mol. The fourth-order valence-electron chi connectivity index (χ4n) is 2.92. The number of rotatable bonds is 9. The number of hydrogen-bond acceptors (Lipinski definition) is 4. The van der Waals surface area contributed by atoms with Crippen LogP contribution in [0.5, 0.6) is 5.75 Å². The molecule has 1 amide bonds. The van der Waals surface area contributed by atoms with Gasteiger partial charge in [0.2, 0.25) is 0 Å². The molecule has 0 radical (unpaired) electrons. The van der Waals surface area contributed by atoms with Gasteiger partial charge >= 0.3 is 0 Å². The van der Waals surface area contributed by atoms with Crippen LogP contribution in [0.1, 0.15) is 28.6 Å². The maximum absolute atomic E-state index is 12.0. The second-order valence-electron chi connectivity index (χ2n) is 6.85. The number of carbonyl (C=O) groups excluding carboxylic acids is 1. The molecular formula is C24H29IN4O3. The van der Waals surface area contributed by atoms with Crippen molar-refractivity contribution < 1.29 is 13.9 Å². The lowest BCUT2D eigenvalue weighted by Gasteiger charge is -2.12. The van der Waals surface area contributed by atoms with E-state index in [2.05, 4.69) is 33.1 Å². The van der Waals surface area contributed by atoms with Crippen LogP contribution in [0.25, 0.3) is 0 Å². The average molecular weight is 548 g/mol. The molecule has 8 heteroatoms. The molecule has 0 saturated carbocycles. The molecule has 0 atom stereocenters. The first-order valence-corrected chi connectivity index (χ1v) is 10.3. The van der Waals surface area contributed by atoms with Crippen LogP contribution >= 0.6 is 24.0 Å². The molecule has 32 heavy (non-hydrogen) atoms. The third-order valence-corrected chi connectivity index (χ3v) is 4.59. The van der Waals surface area contributed by atoms with E-state index in [1.54, 1.807) is 19.2 Å². The van der Waals surface area contributed by atoms with Gasteiger partial charge in [-0.2, -0.15) is 0 Å². The summed E-state index contributed by atoms with van der Waals surface area (Å²) in [7, 11) is 1.67. The van der Waals surface area contributed by atoms with E-state index in [-0.39, 0.29) is 35.6 Å². The summed E-state index contributed by atoms with van der Waals surface area (Å²) in [4.78, 5) is 16.7. The normalized spacial score (nSPS) is 10.8. The number of benzene rings is 2. The number of nitrogens with zero attached hydrogens (tertiary/aromatic N) is 1. The molecule has 0 aliphatic rings. The molecule has 2 aromatic carbocycles. The van der Waals surface area contributed by atoms with E-state index in [0.717, 1.165) is 36.8 Å². The molecule has 0 bridgehead atoms. The van der Waals surface area contributed by atoms with E-state index in [9.17, 15) is 4.79 Å². The molecule has 170 valence electrons. The van der Waals surface area contributed by atoms with E-state index in [1.807, 2.05) is 43.3 Å². The van der Waals surface area contributed by atoms with Gasteiger partial charge in [-0.05, 0) is 60.9 Å². The number of nitrogens with one attached hydrogen (secondary N) is 3. The number of hydrogen-bond donors (Lipinski definition) is 3. The summed E-state index contributed by atoms with van der Waals surface area (Å²) in [5.74, 6) is 1.64. The summed E-state index contributed by atoms with van der Waals surface area (Å²) >= 11 is 0. The average Bonchev–Trinajstić information content (AvgIpc) is 3.34. The highest BCUT2D eigenvalue weighted by Crippen LogP contribution is 2.13. The van der Waals surface area contributed by atoms with Crippen molar-refractivity contribution in [3.05, 3.63) is 83.8 Å². The molecule has 3 N–H and O–H groups in total. The monoisotopic (exact) mass is 548 g/mol. The Hall–Kier alpha value is -3.01. The fourth-order valence-corrected chi connectivity index (χ4v) is 2.92. The maximum Gasteiger partial charge on any atom is 0.291 e. The van der Waals surface area contributed by atoms with Gasteiger partial charge in [0.05, 0.1) is 19.9 Å². The predicted octanol–water partition coefficient (Wildman–Crippen LogP) is 4.46. The first kappa shape index (κ1) is 25.3. The van der Waals surface area contributed by atoms with Gasteiger partial charge < -0.3 is 25.1 Å². The Kier molecular flexibility index (Phi) is 10.6. The van der Waals surface area contributed by atoms with Crippen LogP contribution < -0.4 is 20.7 Å². The fraction of sp³-hybridized carbons (Fsp3) is 0.250. The SMILES string of the molecule is CCNC(=NCc1ccc(NC(=O)c2ccco2)cc1)NCCc1ccc(OC)cc1.I. The van der Waals surface area contributed by atoms with E-state index in [1.165, 1.54) is 11.8 Å². The highest BCUT2D eigenvalue weighted by Gasteiger charge is 2.08. The smallest absolute Gasteiger partial charge is 0.291 e. The molecule has 0 fully saturated rings. The van der Waals surface area contributed by atoms with Gasteiger partial charge in [0.1, 0.15) is 5.75 Å². The maximum atomic E-state index is 12.0. The Morgan fingerprint density at radius 1 is 1.00 bits per heavy atom. The molecule has 7 nitrogen and oxygen atoms in total. The van der Waals surface area contributed by atoms with Crippen molar-refractivity contribution in [2.24, 2.45) is 4.99 Å². The minimum Gasteiger partial charge on any atom is -0.497 e. The zero-order valence-electron chi connectivity index (χ0n) is 18.3. The molecule has 1 aromatic heterocycles. The van der Waals surface area contributed by atoms with Gasteiger partial charge in [-0.1, -0.05) is 24.3 Å². The topological polar surface area (TPSA) is 87.9 Å². The van der Waals surface area contributed by atoms with E-state index in [4.69, 9.17) is 9.15 Å². The van der Waals surface area contributed by atoms with Crippen LogP contribution in [0, 0.1) is 0 Å². The number of guanidine groups is 1. The first-order chi connectivity index (χ1) is 15.2. The Balaban J connectivity index is 0.00000363. The van der Waals surface area contributed by atoms with E-state index in [0.29, 0.717) is 12.2 Å². The van der Waals surface area contributed by atoms with Crippen LogP contribution in [0.3, 0.4) is 0 Å². The minimum absolute atomic E-state index is 0. The first-order valence-electron chi connectivity index (χ1n) is 10.3. The number of halogens is 1. The molecule has 3 rings (SSSR count). The number of anilines is 1. The summed E-state index contributed by atoms with van der Waals surface area (Å²) in [5.41, 5.74) is 2.98. The molecule has 1 heterocycles.